The first-order valence-corrected chi connectivity index (χ1v) is 6.58. The maximum atomic E-state index is 11.8. The number of carbonyl (C=O) groups excluding carboxylic acids is 1. The summed E-state index contributed by atoms with van der Waals surface area (Å²) in [6.07, 6.45) is 5.97. The largest absolute Gasteiger partial charge is 0.462 e. The van der Waals surface area contributed by atoms with Crippen LogP contribution in [0, 0.1) is 19.3 Å². The third kappa shape index (κ3) is 3.60. The minimum absolute atomic E-state index is 0.139. The fourth-order valence-electron chi connectivity index (χ4n) is 2.09. The quantitative estimate of drug-likeness (QED) is 0.670. The van der Waals surface area contributed by atoms with Crippen molar-refractivity contribution >= 4 is 5.97 Å². The van der Waals surface area contributed by atoms with E-state index in [9.17, 15) is 9.90 Å². The van der Waals surface area contributed by atoms with Gasteiger partial charge in [-0.15, -0.1) is 6.42 Å². The van der Waals surface area contributed by atoms with E-state index < -0.39 is 5.60 Å². The number of terminal acetylenes is 1. The monoisotopic (exact) mass is 274 g/mol. The summed E-state index contributed by atoms with van der Waals surface area (Å²) in [5.74, 6) is 1.97. The Labute approximate surface area is 118 Å². The maximum absolute atomic E-state index is 11.8. The van der Waals surface area contributed by atoms with Crippen LogP contribution in [-0.4, -0.2) is 36.0 Å². The standard InChI is InChI=1S/C16H18O4/c1-3-16(18)10-14(20-11-16)8-9-19-15(17)13-6-4-12(2)5-7-13/h1,4-7,14,18H,8-11H2,2H3. The Hall–Kier alpha value is -1.83. The maximum Gasteiger partial charge on any atom is 0.338 e. The normalized spacial score (nSPS) is 25.1. The molecular weight excluding hydrogens is 256 g/mol. The molecule has 0 aromatic heterocycles. The summed E-state index contributed by atoms with van der Waals surface area (Å²) >= 11 is 0. The van der Waals surface area contributed by atoms with E-state index in [0.29, 0.717) is 18.4 Å². The molecule has 0 bridgehead atoms. The summed E-state index contributed by atoms with van der Waals surface area (Å²) in [5.41, 5.74) is 0.448. The Morgan fingerprint density at radius 1 is 1.55 bits per heavy atom. The Morgan fingerprint density at radius 2 is 2.25 bits per heavy atom. The minimum atomic E-state index is -1.17. The second-order valence-electron chi connectivity index (χ2n) is 5.10. The van der Waals surface area contributed by atoms with Crippen molar-refractivity contribution in [1.29, 1.82) is 0 Å². The van der Waals surface area contributed by atoms with Crippen LogP contribution in [0.4, 0.5) is 0 Å². The van der Waals surface area contributed by atoms with Gasteiger partial charge in [-0.05, 0) is 19.1 Å². The van der Waals surface area contributed by atoms with E-state index in [-0.39, 0.29) is 25.3 Å². The number of ether oxygens (including phenoxy) is 2. The van der Waals surface area contributed by atoms with E-state index >= 15 is 0 Å². The zero-order valence-electron chi connectivity index (χ0n) is 11.5. The fourth-order valence-corrected chi connectivity index (χ4v) is 2.09. The van der Waals surface area contributed by atoms with Crippen molar-refractivity contribution in [1.82, 2.24) is 0 Å². The number of aliphatic hydroxyl groups is 1. The van der Waals surface area contributed by atoms with Gasteiger partial charge in [0.25, 0.3) is 0 Å². The molecule has 0 spiro atoms. The van der Waals surface area contributed by atoms with Gasteiger partial charge in [-0.2, -0.15) is 0 Å². The van der Waals surface area contributed by atoms with E-state index in [0.717, 1.165) is 5.56 Å². The van der Waals surface area contributed by atoms with Crippen LogP contribution in [0.15, 0.2) is 24.3 Å². The lowest BCUT2D eigenvalue weighted by Crippen LogP contribution is -2.26. The summed E-state index contributed by atoms with van der Waals surface area (Å²) in [4.78, 5) is 11.8. The molecule has 0 radical (unpaired) electrons. The number of hydrogen-bond acceptors (Lipinski definition) is 4. The number of carbonyl (C=O) groups is 1. The van der Waals surface area contributed by atoms with Gasteiger partial charge in [0.05, 0.1) is 24.9 Å². The number of hydrogen-bond donors (Lipinski definition) is 1. The van der Waals surface area contributed by atoms with Crippen LogP contribution in [0.25, 0.3) is 0 Å². The van der Waals surface area contributed by atoms with Gasteiger partial charge in [-0.3, -0.25) is 0 Å². The van der Waals surface area contributed by atoms with E-state index in [4.69, 9.17) is 15.9 Å². The topological polar surface area (TPSA) is 55.8 Å². The van der Waals surface area contributed by atoms with Crippen LogP contribution >= 0.6 is 0 Å². The predicted molar refractivity (Wildman–Crippen MR) is 74.2 cm³/mol. The number of esters is 1. The van der Waals surface area contributed by atoms with Crippen molar-refractivity contribution in [3.05, 3.63) is 35.4 Å². The van der Waals surface area contributed by atoms with Crippen molar-refractivity contribution in [3.63, 3.8) is 0 Å². The molecule has 1 N–H and O–H groups in total. The zero-order valence-corrected chi connectivity index (χ0v) is 11.5. The van der Waals surface area contributed by atoms with Crippen molar-refractivity contribution in [2.75, 3.05) is 13.2 Å². The molecule has 106 valence electrons. The van der Waals surface area contributed by atoms with Gasteiger partial charge in [0.2, 0.25) is 0 Å². The molecule has 1 aliphatic heterocycles. The molecule has 4 heteroatoms. The Morgan fingerprint density at radius 3 is 2.85 bits per heavy atom. The first-order chi connectivity index (χ1) is 9.52. The van der Waals surface area contributed by atoms with Crippen LogP contribution in [0.5, 0.6) is 0 Å². The van der Waals surface area contributed by atoms with Crippen LogP contribution in [0.1, 0.15) is 28.8 Å². The molecule has 1 aliphatic rings. The Kier molecular flexibility index (Phi) is 4.43. The highest BCUT2D eigenvalue weighted by Gasteiger charge is 2.36. The van der Waals surface area contributed by atoms with Gasteiger partial charge < -0.3 is 14.6 Å². The summed E-state index contributed by atoms with van der Waals surface area (Å²) in [5, 5.41) is 9.81. The lowest BCUT2D eigenvalue weighted by molar-refractivity contribution is 0.0343. The van der Waals surface area contributed by atoms with Crippen LogP contribution in [-0.2, 0) is 9.47 Å². The first kappa shape index (κ1) is 14.6. The van der Waals surface area contributed by atoms with Gasteiger partial charge in [-0.1, -0.05) is 23.6 Å². The molecule has 1 aromatic rings. The predicted octanol–water partition coefficient (Wildman–Crippen LogP) is 1.70. The summed E-state index contributed by atoms with van der Waals surface area (Å²) in [6, 6.07) is 7.20. The minimum Gasteiger partial charge on any atom is -0.462 e. The molecule has 1 heterocycles. The van der Waals surface area contributed by atoms with Gasteiger partial charge in [0, 0.05) is 12.8 Å². The summed E-state index contributed by atoms with van der Waals surface area (Å²) in [6.45, 7) is 2.34. The van der Waals surface area contributed by atoms with Gasteiger partial charge >= 0.3 is 5.97 Å². The SMILES string of the molecule is C#CC1(O)COC(CCOC(=O)c2ccc(C)cc2)C1. The third-order valence-corrected chi connectivity index (χ3v) is 3.35. The van der Waals surface area contributed by atoms with Gasteiger partial charge in [-0.25, -0.2) is 4.79 Å². The van der Waals surface area contributed by atoms with Crippen molar-refractivity contribution < 1.29 is 19.4 Å². The fraction of sp³-hybridized carbons (Fsp3) is 0.438. The molecule has 0 amide bonds. The van der Waals surface area contributed by atoms with Crippen LogP contribution in [0.3, 0.4) is 0 Å². The molecule has 20 heavy (non-hydrogen) atoms. The highest BCUT2D eigenvalue weighted by atomic mass is 16.5. The smallest absolute Gasteiger partial charge is 0.338 e. The molecule has 1 aromatic carbocycles. The highest BCUT2D eigenvalue weighted by molar-refractivity contribution is 5.89. The molecule has 4 nitrogen and oxygen atoms in total. The average molecular weight is 274 g/mol. The number of rotatable bonds is 4. The van der Waals surface area contributed by atoms with E-state index in [1.165, 1.54) is 0 Å². The lowest BCUT2D eigenvalue weighted by Gasteiger charge is -2.12. The summed E-state index contributed by atoms with van der Waals surface area (Å²) < 4.78 is 10.6. The number of benzene rings is 1. The van der Waals surface area contributed by atoms with Crippen molar-refractivity contribution in [3.8, 4) is 12.3 Å². The van der Waals surface area contributed by atoms with Crippen LogP contribution in [0.2, 0.25) is 0 Å². The van der Waals surface area contributed by atoms with Crippen LogP contribution < -0.4 is 0 Å². The molecule has 1 saturated heterocycles. The highest BCUT2D eigenvalue weighted by Crippen LogP contribution is 2.25. The second-order valence-corrected chi connectivity index (χ2v) is 5.10. The van der Waals surface area contributed by atoms with E-state index in [1.807, 2.05) is 19.1 Å². The average Bonchev–Trinajstić information content (AvgIpc) is 2.82. The molecule has 2 atom stereocenters. The summed E-state index contributed by atoms with van der Waals surface area (Å²) in [7, 11) is 0. The molecule has 0 saturated carbocycles. The van der Waals surface area contributed by atoms with E-state index in [1.54, 1.807) is 12.1 Å². The Bertz CT molecular complexity index is 514. The lowest BCUT2D eigenvalue weighted by atomic mass is 10.0. The van der Waals surface area contributed by atoms with Gasteiger partial charge in [0.15, 0.2) is 5.60 Å². The number of aryl methyl sites for hydroxylation is 1. The molecule has 0 aliphatic carbocycles. The third-order valence-electron chi connectivity index (χ3n) is 3.35. The first-order valence-electron chi connectivity index (χ1n) is 6.58. The second kappa shape index (κ2) is 6.08. The van der Waals surface area contributed by atoms with Crippen molar-refractivity contribution in [2.24, 2.45) is 0 Å². The molecular formula is C16H18O4. The molecule has 2 rings (SSSR count). The van der Waals surface area contributed by atoms with Crippen molar-refractivity contribution in [2.45, 2.75) is 31.5 Å². The van der Waals surface area contributed by atoms with E-state index in [2.05, 4.69) is 5.92 Å². The molecule has 2 unspecified atom stereocenters. The molecule has 1 fully saturated rings. The Balaban J connectivity index is 1.75. The zero-order chi connectivity index (χ0) is 14.6. The van der Waals surface area contributed by atoms with Gasteiger partial charge in [0.1, 0.15) is 0 Å².